The number of ether oxygens (including phenoxy) is 2. The molecule has 2 amide bonds. The van der Waals surface area contributed by atoms with Crippen molar-refractivity contribution in [2.24, 2.45) is 7.05 Å². The van der Waals surface area contributed by atoms with Crippen molar-refractivity contribution in [2.75, 3.05) is 13.2 Å². The van der Waals surface area contributed by atoms with Crippen LogP contribution in [0.15, 0.2) is 46.3 Å². The van der Waals surface area contributed by atoms with Gasteiger partial charge in [-0.3, -0.25) is 10.1 Å². The Kier molecular flexibility index (Phi) is 5.85. The number of aryl methyl sites for hydroxylation is 1. The number of esters is 2. The fourth-order valence-electron chi connectivity index (χ4n) is 2.91. The van der Waals surface area contributed by atoms with Gasteiger partial charge in [0.1, 0.15) is 24.1 Å². The highest BCUT2D eigenvalue weighted by molar-refractivity contribution is 5.95. The molecule has 0 bridgehead atoms. The molecule has 2 N–H and O–H groups in total. The highest BCUT2D eigenvalue weighted by atomic mass is 16.6. The molecule has 158 valence electrons. The Balaban J connectivity index is 1.89. The zero-order chi connectivity index (χ0) is 21.8. The average molecular weight is 418 g/mol. The molecule has 0 fully saturated rings. The predicted octanol–water partition coefficient (Wildman–Crippen LogP) is 1.55. The van der Waals surface area contributed by atoms with Gasteiger partial charge in [-0.15, -0.1) is 0 Å². The Bertz CT molecular complexity index is 1020. The molecule has 3 heterocycles. The fraction of sp³-hybridized carbons (Fsp3) is 0.278. The van der Waals surface area contributed by atoms with Gasteiger partial charge in [0, 0.05) is 13.1 Å². The molecule has 0 radical (unpaired) electrons. The van der Waals surface area contributed by atoms with Gasteiger partial charge in [0.25, 0.3) is 5.69 Å². The monoisotopic (exact) mass is 418 g/mol. The number of rotatable bonds is 7. The molecule has 2 aromatic rings. The van der Waals surface area contributed by atoms with E-state index in [0.717, 1.165) is 6.07 Å². The molecular weight excluding hydrogens is 400 g/mol. The number of carbonyl (C=O) groups excluding carboxylic acids is 3. The van der Waals surface area contributed by atoms with Crippen LogP contribution in [0.25, 0.3) is 0 Å². The van der Waals surface area contributed by atoms with Crippen LogP contribution < -0.4 is 10.6 Å². The lowest BCUT2D eigenvalue weighted by atomic mass is 10.0. The van der Waals surface area contributed by atoms with Crippen LogP contribution >= 0.6 is 0 Å². The summed E-state index contributed by atoms with van der Waals surface area (Å²) in [5.41, 5.74) is -0.320. The molecule has 1 aliphatic rings. The molecule has 1 atom stereocenters. The van der Waals surface area contributed by atoms with Crippen LogP contribution in [-0.4, -0.2) is 40.7 Å². The highest BCUT2D eigenvalue weighted by Crippen LogP contribution is 2.28. The second-order valence-electron chi connectivity index (χ2n) is 6.19. The second kappa shape index (κ2) is 8.51. The van der Waals surface area contributed by atoms with E-state index in [9.17, 15) is 24.5 Å². The Morgan fingerprint density at radius 3 is 2.70 bits per heavy atom. The van der Waals surface area contributed by atoms with Gasteiger partial charge in [-0.25, -0.2) is 14.4 Å². The van der Waals surface area contributed by atoms with Gasteiger partial charge in [0.15, 0.2) is 0 Å². The molecule has 0 aliphatic carbocycles. The number of urea groups is 1. The first-order valence-corrected chi connectivity index (χ1v) is 8.80. The van der Waals surface area contributed by atoms with Crippen LogP contribution in [0.4, 0.5) is 10.5 Å². The van der Waals surface area contributed by atoms with Crippen molar-refractivity contribution in [3.8, 4) is 0 Å². The molecule has 30 heavy (non-hydrogen) atoms. The number of nitrogens with zero attached hydrogens (tertiary/aromatic N) is 2. The van der Waals surface area contributed by atoms with Crippen LogP contribution in [0.5, 0.6) is 0 Å². The van der Waals surface area contributed by atoms with Crippen molar-refractivity contribution < 1.29 is 33.2 Å². The fourth-order valence-corrected chi connectivity index (χ4v) is 2.91. The van der Waals surface area contributed by atoms with Gasteiger partial charge >= 0.3 is 18.0 Å². The molecule has 0 saturated carbocycles. The molecule has 12 nitrogen and oxygen atoms in total. The Morgan fingerprint density at radius 1 is 1.33 bits per heavy atom. The largest absolute Gasteiger partial charge is 0.467 e. The maximum Gasteiger partial charge on any atom is 0.355 e. The topological polar surface area (TPSA) is 155 Å². The van der Waals surface area contributed by atoms with E-state index in [4.69, 9.17) is 13.9 Å². The van der Waals surface area contributed by atoms with Gasteiger partial charge in [-0.2, -0.15) is 0 Å². The van der Waals surface area contributed by atoms with Gasteiger partial charge in [-0.1, -0.05) is 0 Å². The summed E-state index contributed by atoms with van der Waals surface area (Å²) in [6.45, 7) is 1.23. The highest BCUT2D eigenvalue weighted by Gasteiger charge is 2.36. The molecule has 1 aliphatic heterocycles. The van der Waals surface area contributed by atoms with Crippen LogP contribution in [0.1, 0.15) is 29.2 Å². The lowest BCUT2D eigenvalue weighted by molar-refractivity contribution is -0.384. The zero-order valence-corrected chi connectivity index (χ0v) is 16.0. The third-order valence-corrected chi connectivity index (χ3v) is 4.23. The summed E-state index contributed by atoms with van der Waals surface area (Å²) in [4.78, 5) is 47.2. The first-order valence-electron chi connectivity index (χ1n) is 8.80. The number of aromatic nitrogens is 1. The van der Waals surface area contributed by atoms with E-state index in [1.165, 1.54) is 24.1 Å². The minimum Gasteiger partial charge on any atom is -0.467 e. The number of nitrogens with one attached hydrogen (secondary N) is 2. The smallest absolute Gasteiger partial charge is 0.355 e. The van der Waals surface area contributed by atoms with Gasteiger partial charge in [0.2, 0.25) is 0 Å². The molecular formula is C18H18N4O8. The molecule has 1 unspecified atom stereocenters. The molecule has 2 aromatic heterocycles. The van der Waals surface area contributed by atoms with Crippen molar-refractivity contribution in [3.05, 3.63) is 63.5 Å². The van der Waals surface area contributed by atoms with Crippen molar-refractivity contribution in [3.63, 3.8) is 0 Å². The normalized spacial score (nSPS) is 15.9. The predicted molar refractivity (Wildman–Crippen MR) is 99.1 cm³/mol. The molecule has 0 aromatic carbocycles. The second-order valence-corrected chi connectivity index (χ2v) is 6.19. The summed E-state index contributed by atoms with van der Waals surface area (Å²) in [6.07, 6.45) is 2.55. The standard InChI is InChI=1S/C18H18N4O8/c1-3-28-17(24)14-11(19-18(25)20-15(14)13-5-4-6-29-13)9-30-16(23)12-7-10(22(26)27)8-21(12)2/h4-8,15H,3,9H2,1-2H3,(H2,19,20,25). The maximum absolute atomic E-state index is 12.5. The third-order valence-electron chi connectivity index (χ3n) is 4.23. The molecule has 12 heteroatoms. The number of carbonyl (C=O) groups is 3. The molecule has 0 spiro atoms. The first-order chi connectivity index (χ1) is 14.3. The minimum absolute atomic E-state index is 0.00987. The minimum atomic E-state index is -0.947. The Hall–Kier alpha value is -4.09. The summed E-state index contributed by atoms with van der Waals surface area (Å²) in [6, 6.07) is 2.65. The quantitative estimate of drug-likeness (QED) is 0.390. The number of nitro groups is 1. The number of amides is 2. The summed E-state index contributed by atoms with van der Waals surface area (Å²) >= 11 is 0. The Morgan fingerprint density at radius 2 is 2.10 bits per heavy atom. The van der Waals surface area contributed by atoms with Gasteiger partial charge in [0.05, 0.1) is 35.3 Å². The van der Waals surface area contributed by atoms with E-state index in [1.54, 1.807) is 19.1 Å². The molecule has 3 rings (SSSR count). The number of hydrogen-bond donors (Lipinski definition) is 2. The van der Waals surface area contributed by atoms with Crippen LogP contribution in [0, 0.1) is 10.1 Å². The lowest BCUT2D eigenvalue weighted by Crippen LogP contribution is -2.47. The van der Waals surface area contributed by atoms with E-state index < -0.39 is 35.5 Å². The average Bonchev–Trinajstić information content (AvgIpc) is 3.35. The van der Waals surface area contributed by atoms with Crippen LogP contribution in [-0.2, 0) is 21.3 Å². The van der Waals surface area contributed by atoms with Gasteiger partial charge in [-0.05, 0) is 19.1 Å². The van der Waals surface area contributed by atoms with Crippen molar-refractivity contribution >= 4 is 23.7 Å². The number of furan rings is 1. The first kappa shape index (κ1) is 20.6. The zero-order valence-electron chi connectivity index (χ0n) is 16.0. The van der Waals surface area contributed by atoms with Crippen molar-refractivity contribution in [2.45, 2.75) is 13.0 Å². The summed E-state index contributed by atoms with van der Waals surface area (Å²) in [5.74, 6) is -1.31. The third kappa shape index (κ3) is 4.16. The summed E-state index contributed by atoms with van der Waals surface area (Å²) in [7, 11) is 1.45. The summed E-state index contributed by atoms with van der Waals surface area (Å²) in [5, 5.41) is 15.9. The van der Waals surface area contributed by atoms with E-state index in [0.29, 0.717) is 0 Å². The van der Waals surface area contributed by atoms with E-state index in [1.807, 2.05) is 0 Å². The van der Waals surface area contributed by atoms with E-state index >= 15 is 0 Å². The maximum atomic E-state index is 12.5. The molecule has 0 saturated heterocycles. The lowest BCUT2D eigenvalue weighted by Gasteiger charge is -2.27. The summed E-state index contributed by atoms with van der Waals surface area (Å²) < 4.78 is 16.8. The van der Waals surface area contributed by atoms with E-state index in [2.05, 4.69) is 10.6 Å². The van der Waals surface area contributed by atoms with E-state index in [-0.39, 0.29) is 35.0 Å². The van der Waals surface area contributed by atoms with Crippen LogP contribution in [0.3, 0.4) is 0 Å². The number of hydrogen-bond acceptors (Lipinski definition) is 8. The van der Waals surface area contributed by atoms with Gasteiger partial charge < -0.3 is 29.1 Å². The SMILES string of the molecule is CCOC(=O)C1=C(COC(=O)c2cc([N+](=O)[O-])cn2C)NC(=O)NC1c1ccco1. The Labute approximate surface area is 169 Å². The van der Waals surface area contributed by atoms with Crippen molar-refractivity contribution in [1.82, 2.24) is 15.2 Å². The van der Waals surface area contributed by atoms with Crippen LogP contribution in [0.2, 0.25) is 0 Å². The van der Waals surface area contributed by atoms with Crippen molar-refractivity contribution in [1.29, 1.82) is 0 Å².